The number of benzene rings is 1. The van der Waals surface area contributed by atoms with E-state index in [1.807, 2.05) is 18.2 Å². The zero-order valence-corrected chi connectivity index (χ0v) is 13.6. The van der Waals surface area contributed by atoms with E-state index < -0.39 is 0 Å². The smallest absolute Gasteiger partial charge is 0.350 e. The lowest BCUT2D eigenvalue weighted by atomic mass is 10.3. The molecule has 5 nitrogen and oxygen atoms in total. The first-order valence-corrected chi connectivity index (χ1v) is 7.32. The first-order valence-electron chi connectivity index (χ1n) is 5.71. The Morgan fingerprint density at radius 3 is 2.80 bits per heavy atom. The van der Waals surface area contributed by atoms with E-state index in [1.54, 1.807) is 14.0 Å². The third-order valence-corrected chi connectivity index (χ3v) is 4.28. The number of methoxy groups -OCH3 is 2. The summed E-state index contributed by atoms with van der Waals surface area (Å²) in [6, 6.07) is 5.61. The highest BCUT2D eigenvalue weighted by atomic mass is 79.9. The van der Waals surface area contributed by atoms with Gasteiger partial charge >= 0.3 is 5.97 Å². The van der Waals surface area contributed by atoms with E-state index in [1.165, 1.54) is 18.4 Å². The number of hydrogen-bond donors (Lipinski definition) is 1. The lowest BCUT2D eigenvalue weighted by molar-refractivity contribution is 0.0605. The van der Waals surface area contributed by atoms with Gasteiger partial charge in [0.2, 0.25) is 0 Å². The van der Waals surface area contributed by atoms with E-state index in [9.17, 15) is 4.79 Å². The van der Waals surface area contributed by atoms with Crippen molar-refractivity contribution in [2.75, 3.05) is 19.5 Å². The first kappa shape index (κ1) is 14.8. The molecule has 0 saturated heterocycles. The quantitative estimate of drug-likeness (QED) is 0.845. The molecule has 20 heavy (non-hydrogen) atoms. The molecule has 0 bridgehead atoms. The van der Waals surface area contributed by atoms with Gasteiger partial charge in [0.05, 0.1) is 24.4 Å². The summed E-state index contributed by atoms with van der Waals surface area (Å²) in [4.78, 5) is 16.3. The number of anilines is 2. The molecule has 0 amide bonds. The van der Waals surface area contributed by atoms with Gasteiger partial charge in [-0.15, -0.1) is 0 Å². The van der Waals surface area contributed by atoms with Crippen LogP contribution in [0.25, 0.3) is 0 Å². The normalized spacial score (nSPS) is 10.2. The molecule has 7 heteroatoms. The highest BCUT2D eigenvalue weighted by Crippen LogP contribution is 2.31. The minimum Gasteiger partial charge on any atom is -0.495 e. The Balaban J connectivity index is 2.24. The van der Waals surface area contributed by atoms with Crippen molar-refractivity contribution in [1.29, 1.82) is 0 Å². The molecule has 0 radical (unpaired) electrons. The van der Waals surface area contributed by atoms with Crippen molar-refractivity contribution in [3.63, 3.8) is 0 Å². The Morgan fingerprint density at radius 2 is 2.15 bits per heavy atom. The molecule has 106 valence electrons. The molecule has 0 spiro atoms. The Hall–Kier alpha value is -1.60. The number of carbonyl (C=O) groups excluding carboxylic acids is 1. The van der Waals surface area contributed by atoms with E-state index in [0.717, 1.165) is 15.9 Å². The van der Waals surface area contributed by atoms with E-state index in [0.29, 0.717) is 15.7 Å². The first-order chi connectivity index (χ1) is 9.55. The number of aromatic nitrogens is 1. The van der Waals surface area contributed by atoms with Crippen LogP contribution in [-0.2, 0) is 4.74 Å². The van der Waals surface area contributed by atoms with Gasteiger partial charge in [-0.2, -0.15) is 0 Å². The number of hydrogen-bond acceptors (Lipinski definition) is 6. The molecule has 0 unspecified atom stereocenters. The maximum absolute atomic E-state index is 11.5. The summed E-state index contributed by atoms with van der Waals surface area (Å²) in [5.74, 6) is 0.345. The lowest BCUT2D eigenvalue weighted by Crippen LogP contribution is -1.99. The van der Waals surface area contributed by atoms with Crippen LogP contribution in [0, 0.1) is 6.92 Å². The summed E-state index contributed by atoms with van der Waals surface area (Å²) in [6.45, 7) is 1.77. The van der Waals surface area contributed by atoms with Gasteiger partial charge < -0.3 is 14.8 Å². The second-order valence-corrected chi connectivity index (χ2v) is 5.75. The molecule has 2 aromatic rings. The molecule has 1 heterocycles. The van der Waals surface area contributed by atoms with Gasteiger partial charge in [-0.25, -0.2) is 9.78 Å². The molecule has 2 rings (SSSR count). The predicted octanol–water partition coefficient (Wildman–Crippen LogP) is 3.75. The standard InChI is InChI=1S/C13H13BrN2O3S/c1-7-11(12(17)19-3)20-13(15-7)16-8-4-5-9(14)10(6-8)18-2/h4-6H,1-3H3,(H,15,16). The van der Waals surface area contributed by atoms with Gasteiger partial charge in [0.15, 0.2) is 5.13 Å². The van der Waals surface area contributed by atoms with Gasteiger partial charge in [0.1, 0.15) is 10.6 Å². The predicted molar refractivity (Wildman–Crippen MR) is 82.2 cm³/mol. The summed E-state index contributed by atoms with van der Waals surface area (Å²) in [6.07, 6.45) is 0. The fourth-order valence-electron chi connectivity index (χ4n) is 1.59. The van der Waals surface area contributed by atoms with Crippen LogP contribution in [0.15, 0.2) is 22.7 Å². The van der Waals surface area contributed by atoms with Gasteiger partial charge in [-0.1, -0.05) is 11.3 Å². The zero-order valence-electron chi connectivity index (χ0n) is 11.2. The molecule has 1 N–H and O–H groups in total. The molecule has 0 aliphatic heterocycles. The van der Waals surface area contributed by atoms with Gasteiger partial charge in [0.25, 0.3) is 0 Å². The summed E-state index contributed by atoms with van der Waals surface area (Å²) in [7, 11) is 2.96. The molecule has 0 saturated carbocycles. The van der Waals surface area contributed by atoms with E-state index >= 15 is 0 Å². The number of esters is 1. The van der Waals surface area contributed by atoms with Crippen LogP contribution >= 0.6 is 27.3 Å². The third kappa shape index (κ3) is 3.10. The number of ether oxygens (including phenoxy) is 2. The number of aryl methyl sites for hydroxylation is 1. The molecular formula is C13H13BrN2O3S. The van der Waals surface area contributed by atoms with Gasteiger partial charge in [-0.05, 0) is 35.0 Å². The summed E-state index contributed by atoms with van der Waals surface area (Å²) in [5.41, 5.74) is 1.48. The monoisotopic (exact) mass is 356 g/mol. The Labute approximate surface area is 129 Å². The van der Waals surface area contributed by atoms with Crippen LogP contribution in [0.1, 0.15) is 15.4 Å². The molecule has 0 fully saturated rings. The van der Waals surface area contributed by atoms with Gasteiger partial charge in [-0.3, -0.25) is 0 Å². The Kier molecular flexibility index (Phi) is 4.61. The highest BCUT2D eigenvalue weighted by molar-refractivity contribution is 9.10. The molecule has 1 aromatic heterocycles. The van der Waals surface area contributed by atoms with Crippen LogP contribution in [0.5, 0.6) is 5.75 Å². The molecule has 1 aromatic carbocycles. The summed E-state index contributed by atoms with van der Waals surface area (Å²) >= 11 is 4.65. The van der Waals surface area contributed by atoms with Crippen LogP contribution in [0.4, 0.5) is 10.8 Å². The SMILES string of the molecule is COC(=O)c1sc(Nc2ccc(Br)c(OC)c2)nc1C. The molecule has 0 aliphatic rings. The van der Waals surface area contributed by atoms with Gasteiger partial charge in [0, 0.05) is 11.8 Å². The van der Waals surface area contributed by atoms with Crippen molar-refractivity contribution in [1.82, 2.24) is 4.98 Å². The number of halogens is 1. The largest absolute Gasteiger partial charge is 0.495 e. The lowest BCUT2D eigenvalue weighted by Gasteiger charge is -2.07. The van der Waals surface area contributed by atoms with E-state index in [-0.39, 0.29) is 5.97 Å². The topological polar surface area (TPSA) is 60.5 Å². The second-order valence-electron chi connectivity index (χ2n) is 3.90. The van der Waals surface area contributed by atoms with Crippen LogP contribution in [0.3, 0.4) is 0 Å². The number of carbonyl (C=O) groups is 1. The maximum Gasteiger partial charge on any atom is 0.350 e. The van der Waals surface area contributed by atoms with Crippen molar-refractivity contribution in [2.45, 2.75) is 6.92 Å². The van der Waals surface area contributed by atoms with Crippen molar-refractivity contribution in [3.05, 3.63) is 33.2 Å². The number of nitrogens with one attached hydrogen (secondary N) is 1. The minimum absolute atomic E-state index is 0.374. The number of rotatable bonds is 4. The van der Waals surface area contributed by atoms with E-state index in [4.69, 9.17) is 9.47 Å². The average molecular weight is 357 g/mol. The Bertz CT molecular complexity index is 643. The summed E-state index contributed by atoms with van der Waals surface area (Å²) in [5, 5.41) is 3.78. The molecular weight excluding hydrogens is 344 g/mol. The molecule has 0 atom stereocenters. The fourth-order valence-corrected chi connectivity index (χ4v) is 2.91. The van der Waals surface area contributed by atoms with Crippen molar-refractivity contribution < 1.29 is 14.3 Å². The van der Waals surface area contributed by atoms with Crippen LogP contribution in [0.2, 0.25) is 0 Å². The average Bonchev–Trinajstić information content (AvgIpc) is 2.80. The van der Waals surface area contributed by atoms with Crippen molar-refractivity contribution >= 4 is 44.1 Å². The summed E-state index contributed by atoms with van der Waals surface area (Å²) < 4.78 is 10.8. The number of thiazole rings is 1. The van der Waals surface area contributed by atoms with Crippen LogP contribution in [-0.4, -0.2) is 25.2 Å². The highest BCUT2D eigenvalue weighted by Gasteiger charge is 2.15. The van der Waals surface area contributed by atoms with Crippen molar-refractivity contribution in [2.24, 2.45) is 0 Å². The second kappa shape index (κ2) is 6.23. The fraction of sp³-hybridized carbons (Fsp3) is 0.231. The van der Waals surface area contributed by atoms with Crippen LogP contribution < -0.4 is 10.1 Å². The molecule has 0 aliphatic carbocycles. The Morgan fingerprint density at radius 1 is 1.40 bits per heavy atom. The third-order valence-electron chi connectivity index (χ3n) is 2.57. The van der Waals surface area contributed by atoms with E-state index in [2.05, 4.69) is 26.2 Å². The number of nitrogens with zero attached hydrogens (tertiary/aromatic N) is 1. The van der Waals surface area contributed by atoms with Crippen molar-refractivity contribution in [3.8, 4) is 5.75 Å². The maximum atomic E-state index is 11.5. The minimum atomic E-state index is -0.374. The zero-order chi connectivity index (χ0) is 14.7.